The van der Waals surface area contributed by atoms with Gasteiger partial charge in [0, 0.05) is 13.1 Å². The van der Waals surface area contributed by atoms with Crippen molar-refractivity contribution in [2.75, 3.05) is 22.4 Å². The number of nitrogens with two attached hydrogens (primary N) is 1. The Morgan fingerprint density at radius 3 is 2.29 bits per heavy atom. The van der Waals surface area contributed by atoms with E-state index in [1.807, 2.05) is 13.0 Å². The minimum atomic E-state index is -3.82. The molecule has 0 radical (unpaired) electrons. The van der Waals surface area contributed by atoms with Gasteiger partial charge in [0.2, 0.25) is 0 Å². The smallest absolute Gasteiger partial charge is 0.277 e. The third-order valence-electron chi connectivity index (χ3n) is 4.45. The van der Waals surface area contributed by atoms with Gasteiger partial charge in [0.05, 0.1) is 20.8 Å². The highest BCUT2D eigenvalue weighted by Crippen LogP contribution is 2.32. The Morgan fingerprint density at radius 1 is 1.04 bits per heavy atom. The summed E-state index contributed by atoms with van der Waals surface area (Å²) in [5.41, 5.74) is 2.26. The highest BCUT2D eigenvalue weighted by atomic mass is 32.2. The zero-order valence-electron chi connectivity index (χ0n) is 16.4. The first-order valence-electron chi connectivity index (χ1n) is 9.39. The van der Waals surface area contributed by atoms with Gasteiger partial charge in [0.25, 0.3) is 10.0 Å². The maximum absolute atomic E-state index is 12.8. The van der Waals surface area contributed by atoms with Crippen LogP contribution in [0, 0.1) is 6.92 Å². The van der Waals surface area contributed by atoms with Crippen LogP contribution in [0.4, 0.5) is 10.8 Å². The van der Waals surface area contributed by atoms with Gasteiger partial charge in [-0.05, 0) is 50.1 Å². The van der Waals surface area contributed by atoms with Crippen LogP contribution in [0.2, 0.25) is 0 Å². The lowest BCUT2D eigenvalue weighted by Gasteiger charge is -2.19. The van der Waals surface area contributed by atoms with Gasteiger partial charge < -0.3 is 4.90 Å². The van der Waals surface area contributed by atoms with E-state index >= 15 is 0 Å². The fourth-order valence-electron chi connectivity index (χ4n) is 2.98. The lowest BCUT2D eigenvalue weighted by molar-refractivity contribution is 0.592. The van der Waals surface area contributed by atoms with Crippen LogP contribution < -0.4 is 15.2 Å². The van der Waals surface area contributed by atoms with Crippen LogP contribution in [-0.4, -0.2) is 26.5 Å². The van der Waals surface area contributed by atoms with Crippen molar-refractivity contribution in [3.8, 4) is 0 Å². The highest BCUT2D eigenvalue weighted by molar-refractivity contribution is 7.92. The lowest BCUT2D eigenvalue weighted by atomic mass is 10.2. The molecule has 0 saturated carbocycles. The molecule has 0 aliphatic rings. The predicted octanol–water partition coefficient (Wildman–Crippen LogP) is 4.30. The molecular formula is C20H26N4O2S2. The molecule has 2 N–H and O–H groups in total. The summed E-state index contributed by atoms with van der Waals surface area (Å²) in [4.78, 5) is 7.16. The van der Waals surface area contributed by atoms with Crippen LogP contribution in [-0.2, 0) is 10.0 Å². The van der Waals surface area contributed by atoms with Crippen molar-refractivity contribution >= 4 is 42.4 Å². The Morgan fingerprint density at radius 2 is 1.68 bits per heavy atom. The number of nitrogens with zero attached hydrogens (tertiary/aromatic N) is 3. The standard InChI is InChI=1S/C20H26N4O2S2/c1-4-12-23(13-5-2)20-22-18-11-8-16(14-19(18)27-20)24(21)28(25,26)17-9-6-15(3)7-10-17/h6-11,14H,4-5,12-13,21H2,1-3H3. The monoisotopic (exact) mass is 418 g/mol. The summed E-state index contributed by atoms with van der Waals surface area (Å²) in [7, 11) is -3.82. The summed E-state index contributed by atoms with van der Waals surface area (Å²) in [6, 6.07) is 12.0. The van der Waals surface area contributed by atoms with Gasteiger partial charge >= 0.3 is 0 Å². The molecule has 0 aliphatic carbocycles. The molecule has 0 aliphatic heterocycles. The maximum atomic E-state index is 12.8. The Kier molecular flexibility index (Phi) is 6.22. The summed E-state index contributed by atoms with van der Waals surface area (Å²) in [6.45, 7) is 8.11. The van der Waals surface area contributed by atoms with Crippen LogP contribution in [0.15, 0.2) is 47.4 Å². The Hall–Kier alpha value is -2.16. The SMILES string of the molecule is CCCN(CCC)c1nc2ccc(N(N)S(=O)(=O)c3ccc(C)cc3)cc2s1. The first kappa shape index (κ1) is 20.6. The number of anilines is 2. The molecule has 2 aromatic carbocycles. The summed E-state index contributed by atoms with van der Waals surface area (Å²) in [6.07, 6.45) is 2.10. The molecule has 3 rings (SSSR count). The highest BCUT2D eigenvalue weighted by Gasteiger charge is 2.23. The van der Waals surface area contributed by atoms with Crippen LogP contribution in [0.1, 0.15) is 32.3 Å². The third-order valence-corrected chi connectivity index (χ3v) is 7.13. The molecule has 1 aromatic heterocycles. The fraction of sp³-hybridized carbons (Fsp3) is 0.350. The van der Waals surface area contributed by atoms with Gasteiger partial charge in [-0.2, -0.15) is 8.42 Å². The molecule has 6 nitrogen and oxygen atoms in total. The average molecular weight is 419 g/mol. The molecule has 0 spiro atoms. The molecular weight excluding hydrogens is 392 g/mol. The zero-order valence-corrected chi connectivity index (χ0v) is 18.1. The van der Waals surface area contributed by atoms with Gasteiger partial charge in [-0.1, -0.05) is 42.9 Å². The Labute approximate surface area is 170 Å². The second-order valence-corrected chi connectivity index (χ2v) is 9.57. The quantitative estimate of drug-likeness (QED) is 0.436. The van der Waals surface area contributed by atoms with Gasteiger partial charge in [-0.25, -0.2) is 15.2 Å². The van der Waals surface area contributed by atoms with Crippen molar-refractivity contribution in [3.05, 3.63) is 48.0 Å². The molecule has 0 saturated heterocycles. The van der Waals surface area contributed by atoms with E-state index in [0.717, 1.165) is 51.3 Å². The summed E-state index contributed by atoms with van der Waals surface area (Å²) < 4.78 is 27.4. The van der Waals surface area contributed by atoms with Crippen molar-refractivity contribution in [1.29, 1.82) is 0 Å². The van der Waals surface area contributed by atoms with E-state index in [1.54, 1.807) is 47.7 Å². The van der Waals surface area contributed by atoms with Crippen LogP contribution in [0.3, 0.4) is 0 Å². The van der Waals surface area contributed by atoms with Crippen molar-refractivity contribution in [2.45, 2.75) is 38.5 Å². The molecule has 28 heavy (non-hydrogen) atoms. The number of aryl methyl sites for hydroxylation is 1. The zero-order chi connectivity index (χ0) is 20.3. The predicted molar refractivity (Wildman–Crippen MR) is 117 cm³/mol. The van der Waals surface area contributed by atoms with E-state index in [1.165, 1.54) is 0 Å². The third kappa shape index (κ3) is 4.14. The van der Waals surface area contributed by atoms with E-state index < -0.39 is 10.0 Å². The topological polar surface area (TPSA) is 79.5 Å². The average Bonchev–Trinajstić information content (AvgIpc) is 3.10. The van der Waals surface area contributed by atoms with Crippen molar-refractivity contribution in [3.63, 3.8) is 0 Å². The van der Waals surface area contributed by atoms with Crippen molar-refractivity contribution < 1.29 is 8.42 Å². The molecule has 3 aromatic rings. The molecule has 0 bridgehead atoms. The van der Waals surface area contributed by atoms with E-state index in [2.05, 4.69) is 18.7 Å². The van der Waals surface area contributed by atoms with Gasteiger partial charge in [-0.3, -0.25) is 0 Å². The Balaban J connectivity index is 1.94. The second kappa shape index (κ2) is 8.46. The number of fused-ring (bicyclic) bond motifs is 1. The van der Waals surface area contributed by atoms with E-state index in [-0.39, 0.29) is 4.90 Å². The van der Waals surface area contributed by atoms with Crippen LogP contribution >= 0.6 is 11.3 Å². The number of hydrazine groups is 1. The summed E-state index contributed by atoms with van der Waals surface area (Å²) >= 11 is 1.56. The molecule has 1 heterocycles. The normalized spacial score (nSPS) is 11.7. The van der Waals surface area contributed by atoms with E-state index in [0.29, 0.717) is 5.69 Å². The Bertz CT molecular complexity index is 1040. The first-order valence-corrected chi connectivity index (χ1v) is 11.6. The van der Waals surface area contributed by atoms with Crippen molar-refractivity contribution in [2.24, 2.45) is 5.84 Å². The number of thiazole rings is 1. The molecule has 150 valence electrons. The number of sulfonamides is 1. The number of aromatic nitrogens is 1. The summed E-state index contributed by atoms with van der Waals surface area (Å²) in [5.74, 6) is 6.02. The molecule has 0 fully saturated rings. The number of benzene rings is 2. The van der Waals surface area contributed by atoms with Gasteiger partial charge in [-0.15, -0.1) is 0 Å². The largest absolute Gasteiger partial charge is 0.348 e. The molecule has 0 unspecified atom stereocenters. The minimum absolute atomic E-state index is 0.169. The molecule has 0 atom stereocenters. The number of hydrogen-bond donors (Lipinski definition) is 1. The minimum Gasteiger partial charge on any atom is -0.348 e. The number of rotatable bonds is 8. The maximum Gasteiger partial charge on any atom is 0.277 e. The van der Waals surface area contributed by atoms with E-state index in [9.17, 15) is 8.42 Å². The first-order chi connectivity index (χ1) is 13.4. The fourth-order valence-corrected chi connectivity index (χ4v) is 5.13. The van der Waals surface area contributed by atoms with Crippen LogP contribution in [0.25, 0.3) is 10.2 Å². The molecule has 0 amide bonds. The van der Waals surface area contributed by atoms with Gasteiger partial charge in [0.15, 0.2) is 5.13 Å². The summed E-state index contributed by atoms with van der Waals surface area (Å²) in [5, 5.41) is 0.959. The van der Waals surface area contributed by atoms with E-state index in [4.69, 9.17) is 10.8 Å². The second-order valence-electron chi connectivity index (χ2n) is 6.75. The molecule has 8 heteroatoms. The van der Waals surface area contributed by atoms with Crippen LogP contribution in [0.5, 0.6) is 0 Å². The lowest BCUT2D eigenvalue weighted by Crippen LogP contribution is -2.37. The van der Waals surface area contributed by atoms with Crippen molar-refractivity contribution in [1.82, 2.24) is 4.98 Å². The number of hydrogen-bond acceptors (Lipinski definition) is 6. The van der Waals surface area contributed by atoms with Gasteiger partial charge in [0.1, 0.15) is 0 Å².